The Kier molecular flexibility index (Phi) is 15.0. The van der Waals surface area contributed by atoms with Gasteiger partial charge in [0.1, 0.15) is 5.75 Å². The van der Waals surface area contributed by atoms with Gasteiger partial charge in [0.05, 0.1) is 18.2 Å². The van der Waals surface area contributed by atoms with Gasteiger partial charge in [0.2, 0.25) is 10.0 Å². The monoisotopic (exact) mass is 753 g/mol. The zero-order valence-corrected chi connectivity index (χ0v) is 31.5. The molecular formula is C34H51Cl2N3O3RuS. The van der Waals surface area contributed by atoms with Crippen molar-refractivity contribution in [3.8, 4) is 5.75 Å². The number of hydrogen-bond donors (Lipinski definition) is 0. The van der Waals surface area contributed by atoms with Gasteiger partial charge in [0.15, 0.2) is 0 Å². The van der Waals surface area contributed by atoms with E-state index in [-0.39, 0.29) is 20.0 Å². The van der Waals surface area contributed by atoms with Gasteiger partial charge in [-0.3, -0.25) is 4.90 Å². The second kappa shape index (κ2) is 17.7. The molecule has 1 heterocycles. The van der Waals surface area contributed by atoms with Crippen LogP contribution in [0.15, 0.2) is 47.0 Å². The van der Waals surface area contributed by atoms with E-state index in [2.05, 4.69) is 68.7 Å². The summed E-state index contributed by atoms with van der Waals surface area (Å²) in [6.45, 7) is 14.5. The third kappa shape index (κ3) is 9.68. The molecule has 0 unspecified atom stereocenters. The molecule has 1 aliphatic heterocycles. The third-order valence-corrected chi connectivity index (χ3v) is 10.3. The average Bonchev–Trinajstić information content (AvgIpc) is 3.38. The summed E-state index contributed by atoms with van der Waals surface area (Å²) in [4.78, 5) is 5.38. The Bertz CT molecular complexity index is 1320. The van der Waals surface area contributed by atoms with Crippen LogP contribution in [0.2, 0.25) is 0 Å². The first-order chi connectivity index (χ1) is 20.9. The second-order valence-corrected chi connectivity index (χ2v) is 17.5. The number of para-hydroxylation sites is 1. The first-order valence-corrected chi connectivity index (χ1v) is 21.7. The molecule has 6 nitrogen and oxygen atoms in total. The zero-order chi connectivity index (χ0) is 32.4. The van der Waals surface area contributed by atoms with Gasteiger partial charge in [-0.05, 0) is 72.4 Å². The molecule has 0 radical (unpaired) electrons. The van der Waals surface area contributed by atoms with Crippen LogP contribution in [0.5, 0.6) is 5.75 Å². The summed E-state index contributed by atoms with van der Waals surface area (Å²) >= 11 is -0.346. The van der Waals surface area contributed by atoms with Gasteiger partial charge in [-0.25, -0.2) is 12.7 Å². The normalized spacial score (nSPS) is 17.6. The molecule has 1 saturated heterocycles. The van der Waals surface area contributed by atoms with Crippen LogP contribution in [0.25, 0.3) is 6.08 Å². The van der Waals surface area contributed by atoms with Crippen molar-refractivity contribution in [3.63, 3.8) is 0 Å². The van der Waals surface area contributed by atoms with Crippen LogP contribution in [-0.2, 0) is 25.2 Å². The first kappa shape index (κ1) is 37.3. The van der Waals surface area contributed by atoms with E-state index in [4.69, 9.17) is 24.1 Å². The maximum atomic E-state index is 13.1. The van der Waals surface area contributed by atoms with Gasteiger partial charge in [0, 0.05) is 44.1 Å². The molecule has 10 heteroatoms. The van der Waals surface area contributed by atoms with E-state index in [9.17, 15) is 8.42 Å². The number of sulfonamides is 1. The van der Waals surface area contributed by atoms with Crippen molar-refractivity contribution in [2.45, 2.75) is 89.9 Å². The fraction of sp³-hybridized carbons (Fsp3) is 0.588. The number of rotatable bonds is 11. The van der Waals surface area contributed by atoms with Crippen LogP contribution in [-0.4, -0.2) is 58.1 Å². The number of benzene rings is 2. The molecule has 1 saturated carbocycles. The predicted octanol–water partition coefficient (Wildman–Crippen LogP) is 9.05. The predicted molar refractivity (Wildman–Crippen MR) is 183 cm³/mol. The number of ether oxygens (including phenoxy) is 1. The Morgan fingerprint density at radius 1 is 1.02 bits per heavy atom. The Morgan fingerprint density at radius 2 is 1.64 bits per heavy atom. The van der Waals surface area contributed by atoms with Crippen LogP contribution < -0.4 is 9.64 Å². The number of nitrogens with zero attached hydrogens (tertiary/aromatic N) is 3. The molecule has 2 fully saturated rings. The van der Waals surface area contributed by atoms with Crippen molar-refractivity contribution in [1.29, 1.82) is 0 Å². The van der Waals surface area contributed by atoms with E-state index in [0.29, 0.717) is 18.4 Å². The molecule has 1 aliphatic carbocycles. The first-order valence-electron chi connectivity index (χ1n) is 15.8. The average molecular weight is 754 g/mol. The summed E-state index contributed by atoms with van der Waals surface area (Å²) in [7, 11) is 9.28. The molecule has 44 heavy (non-hydrogen) atoms. The minimum atomic E-state index is -3.58. The van der Waals surface area contributed by atoms with Crippen molar-refractivity contribution in [2.75, 3.05) is 45.4 Å². The summed E-state index contributed by atoms with van der Waals surface area (Å²) in [6.07, 6.45) is 9.73. The molecule has 0 spiro atoms. The fourth-order valence-corrected chi connectivity index (χ4v) is 7.14. The molecule has 2 aromatic carbocycles. The fourth-order valence-electron chi connectivity index (χ4n) is 6.21. The van der Waals surface area contributed by atoms with E-state index in [1.54, 1.807) is 26.2 Å². The quantitative estimate of drug-likeness (QED) is 0.215. The SMILES string of the molecule is CCCOc1ccc(S(=O)(=O)N(C)C)cc1C=C1CN(CC2CCCCC2)CN1c1c(C(C)C)cccc1C(C)C.[Cl][Ru][Cl]. The minimum absolute atomic E-state index is 0.284. The standard InChI is InChI=1S/C34H51N3O3S.2ClH.Ru/c1-8-19-40-33-18-17-30(41(38,39)35(6)7)21-28(33)20-29-23-36(22-27-13-10-9-11-14-27)24-37(29)34-31(25(2)3)15-12-16-32(34)26(4)5;;;/h12,15-18,20-21,25-27H,8-11,13-14,19,22-24H2,1-7H3;2*1H;/q;;;+2/p-2. The third-order valence-electron chi connectivity index (χ3n) is 8.47. The van der Waals surface area contributed by atoms with Crippen molar-refractivity contribution < 1.29 is 28.3 Å². The number of halogens is 2. The number of hydrogen-bond acceptors (Lipinski definition) is 5. The number of anilines is 1. The summed E-state index contributed by atoms with van der Waals surface area (Å²) in [5.74, 6) is 2.24. The van der Waals surface area contributed by atoms with Crippen LogP contribution in [0, 0.1) is 5.92 Å². The second-order valence-electron chi connectivity index (χ2n) is 12.7. The molecule has 0 amide bonds. The molecule has 0 atom stereocenters. The molecule has 248 valence electrons. The van der Waals surface area contributed by atoms with Crippen LogP contribution in [0.4, 0.5) is 5.69 Å². The maximum absolute atomic E-state index is 13.1. The van der Waals surface area contributed by atoms with E-state index in [0.717, 1.165) is 43.4 Å². The van der Waals surface area contributed by atoms with E-state index >= 15 is 0 Å². The molecule has 0 bridgehead atoms. The van der Waals surface area contributed by atoms with Gasteiger partial charge in [-0.1, -0.05) is 72.1 Å². The van der Waals surface area contributed by atoms with Crippen molar-refractivity contribution >= 4 is 41.2 Å². The summed E-state index contributed by atoms with van der Waals surface area (Å²) in [5.41, 5.74) is 6.02. The Hall–Kier alpha value is -1.15. The Morgan fingerprint density at radius 3 is 2.18 bits per heavy atom. The summed E-state index contributed by atoms with van der Waals surface area (Å²) < 4.78 is 33.6. The van der Waals surface area contributed by atoms with E-state index in [1.165, 1.54) is 58.9 Å². The van der Waals surface area contributed by atoms with Gasteiger partial charge >= 0.3 is 34.5 Å². The van der Waals surface area contributed by atoms with E-state index < -0.39 is 10.0 Å². The van der Waals surface area contributed by atoms with E-state index in [1.807, 2.05) is 6.07 Å². The summed E-state index contributed by atoms with van der Waals surface area (Å²) in [5, 5.41) is 0. The van der Waals surface area contributed by atoms with Crippen LogP contribution in [0.3, 0.4) is 0 Å². The van der Waals surface area contributed by atoms with Crippen molar-refractivity contribution in [3.05, 3.63) is 58.8 Å². The van der Waals surface area contributed by atoms with Crippen molar-refractivity contribution in [1.82, 2.24) is 9.21 Å². The van der Waals surface area contributed by atoms with Gasteiger partial charge in [-0.2, -0.15) is 0 Å². The topological polar surface area (TPSA) is 53.1 Å². The van der Waals surface area contributed by atoms with Gasteiger partial charge in [0.25, 0.3) is 0 Å². The van der Waals surface area contributed by atoms with Gasteiger partial charge in [-0.15, -0.1) is 0 Å². The molecule has 0 aromatic heterocycles. The molecular weight excluding hydrogens is 702 g/mol. The molecule has 2 aliphatic rings. The molecule has 2 aromatic rings. The van der Waals surface area contributed by atoms with Gasteiger partial charge < -0.3 is 9.64 Å². The Labute approximate surface area is 282 Å². The van der Waals surface area contributed by atoms with Crippen LogP contribution >= 0.6 is 19.4 Å². The zero-order valence-electron chi connectivity index (χ0n) is 27.4. The Balaban J connectivity index is 0.00000169. The van der Waals surface area contributed by atoms with Crippen molar-refractivity contribution in [2.24, 2.45) is 5.92 Å². The molecule has 0 N–H and O–H groups in total. The van der Waals surface area contributed by atoms with Crippen LogP contribution in [0.1, 0.15) is 102 Å². The summed E-state index contributed by atoms with van der Waals surface area (Å²) in [6, 6.07) is 12.0. The molecule has 4 rings (SSSR count).